The minimum atomic E-state index is 1.07. The third-order valence-electron chi connectivity index (χ3n) is 23.5. The number of thiophene rings is 2. The first-order valence-corrected chi connectivity index (χ1v) is 41.4. The lowest BCUT2D eigenvalue weighted by Crippen LogP contribution is -2.09. The fourth-order valence-electron chi connectivity index (χ4n) is 17.8. The molecule has 0 spiro atoms. The molecule has 20 aromatic carbocycles. The monoisotopic (exact) mass is 1510 g/mol. The van der Waals surface area contributed by atoms with Crippen molar-refractivity contribution in [2.45, 2.75) is 0 Å². The van der Waals surface area contributed by atoms with E-state index in [2.05, 4.69) is 447 Å². The summed E-state index contributed by atoms with van der Waals surface area (Å²) in [7, 11) is 0. The summed E-state index contributed by atoms with van der Waals surface area (Å²) in [6.45, 7) is 0. The van der Waals surface area contributed by atoms with Gasteiger partial charge in [0.15, 0.2) is 0 Å². The first-order chi connectivity index (χ1) is 57.5. The Morgan fingerprint density at radius 3 is 0.948 bits per heavy atom. The second-order valence-corrected chi connectivity index (χ2v) is 32.3. The minimum absolute atomic E-state index is 1.07. The van der Waals surface area contributed by atoms with Crippen molar-refractivity contribution in [2.75, 3.05) is 9.80 Å². The summed E-state index contributed by atoms with van der Waals surface area (Å²) in [6, 6.07) is 162. The van der Waals surface area contributed by atoms with Crippen molar-refractivity contribution >= 4 is 140 Å². The molecule has 0 aliphatic heterocycles. The maximum atomic E-state index is 2.43. The van der Waals surface area contributed by atoms with Crippen molar-refractivity contribution in [3.05, 3.63) is 437 Å². The normalized spacial score (nSPS) is 11.6. The predicted octanol–water partition coefficient (Wildman–Crippen LogP) is 33.0. The molecule has 116 heavy (non-hydrogen) atoms. The maximum Gasteiger partial charge on any atom is 0.0462 e. The van der Waals surface area contributed by atoms with E-state index in [1.807, 2.05) is 22.7 Å². The summed E-state index contributed by atoms with van der Waals surface area (Å²) in [5, 5.41) is 15.0. The number of benzene rings is 20. The lowest BCUT2D eigenvalue weighted by atomic mass is 9.92. The SMILES string of the molecule is c1cc(-c2ccc(N(c3ccc(-c4cccc5ccccc45)cc3)c3ccc(-c4cc(-c5cccc6c5sc5c(-c7ccccc7-c7ccc(N(c8ccc(-c9cccc%10ccccc9%10)cc8)c8ccc(-c9cccc%10ccccc9%10)cc8)cc7)cccc56)cc5ccccc45)cc3)cc2)cc(-c2ccc3c(c2)sc2ccccc23)c1. The van der Waals surface area contributed by atoms with Crippen molar-refractivity contribution in [3.63, 3.8) is 0 Å². The van der Waals surface area contributed by atoms with E-state index in [1.54, 1.807) is 0 Å². The highest BCUT2D eigenvalue weighted by atomic mass is 32.1. The number of rotatable bonds is 15. The molecule has 4 heteroatoms. The fraction of sp³-hybridized carbons (Fsp3) is 0. The van der Waals surface area contributed by atoms with Gasteiger partial charge in [-0.05, 0) is 241 Å². The third kappa shape index (κ3) is 12.3. The number of hydrogen-bond acceptors (Lipinski definition) is 4. The van der Waals surface area contributed by atoms with Gasteiger partial charge in [-0.15, -0.1) is 22.7 Å². The summed E-state index contributed by atoms with van der Waals surface area (Å²) < 4.78 is 5.18. The Morgan fingerprint density at radius 2 is 0.448 bits per heavy atom. The Hall–Kier alpha value is -14.5. The van der Waals surface area contributed by atoms with Crippen LogP contribution in [0.15, 0.2) is 437 Å². The molecule has 0 saturated heterocycles. The molecule has 0 radical (unpaired) electrons. The fourth-order valence-corrected chi connectivity index (χ4v) is 20.3. The first-order valence-electron chi connectivity index (χ1n) is 39.7. The van der Waals surface area contributed by atoms with Crippen LogP contribution in [0.4, 0.5) is 34.1 Å². The van der Waals surface area contributed by atoms with E-state index in [4.69, 9.17) is 0 Å². The topological polar surface area (TPSA) is 6.48 Å². The largest absolute Gasteiger partial charge is 0.311 e. The summed E-state index contributed by atoms with van der Waals surface area (Å²) in [5.41, 5.74) is 28.0. The molecule has 2 heterocycles. The highest BCUT2D eigenvalue weighted by Gasteiger charge is 2.22. The smallest absolute Gasteiger partial charge is 0.0462 e. The number of anilines is 6. The lowest BCUT2D eigenvalue weighted by molar-refractivity contribution is 1.28. The van der Waals surface area contributed by atoms with Gasteiger partial charge in [-0.2, -0.15) is 0 Å². The van der Waals surface area contributed by atoms with E-state index in [0.29, 0.717) is 0 Å². The lowest BCUT2D eigenvalue weighted by Gasteiger charge is -2.26. The van der Waals surface area contributed by atoms with Crippen molar-refractivity contribution in [1.29, 1.82) is 0 Å². The van der Waals surface area contributed by atoms with Gasteiger partial charge >= 0.3 is 0 Å². The standard InChI is InChI=1S/C112H72N2S2/c1-5-28-93-74(19-1)23-14-35-96(93)77-45-58-88(59-46-77)113(87-56-43-73(44-57-87)82-26-13-27-83(69-82)84-55-68-104-103-34-11-12-42-109(103)115-110(104)72-84)92-66-53-81(54-67-92)108-71-86(70-85-22-4-8-32-100(85)108)101-38-17-40-106-107-41-18-39-105(112(107)116-111(101)106)102-33-10-9-31-99(102)80-51-64-91(65-52-80)114(89-60-47-78(48-61-89)97-36-15-24-75-20-2-6-29-94(75)97)90-62-49-79(50-63-90)98-37-16-25-76-21-3-7-30-95(76)98/h1-72H. The number of hydrogen-bond donors (Lipinski definition) is 0. The highest BCUT2D eigenvalue weighted by Crippen LogP contribution is 2.50. The summed E-state index contributed by atoms with van der Waals surface area (Å²) >= 11 is 3.77. The molecule has 0 bridgehead atoms. The van der Waals surface area contributed by atoms with Crippen LogP contribution in [0.5, 0.6) is 0 Å². The van der Waals surface area contributed by atoms with Crippen molar-refractivity contribution < 1.29 is 0 Å². The molecule has 2 nitrogen and oxygen atoms in total. The predicted molar refractivity (Wildman–Crippen MR) is 501 cm³/mol. The van der Waals surface area contributed by atoms with Crippen LogP contribution >= 0.6 is 22.7 Å². The average Bonchev–Trinajstić information content (AvgIpc) is 1.51. The molecule has 0 aliphatic carbocycles. The Labute approximate surface area is 681 Å². The van der Waals surface area contributed by atoms with Gasteiger partial charge in [0, 0.05) is 80.0 Å². The van der Waals surface area contributed by atoms with Gasteiger partial charge < -0.3 is 9.80 Å². The Morgan fingerprint density at radius 1 is 0.138 bits per heavy atom. The second kappa shape index (κ2) is 28.9. The van der Waals surface area contributed by atoms with Crippen molar-refractivity contribution in [2.24, 2.45) is 0 Å². The maximum absolute atomic E-state index is 2.43. The van der Waals surface area contributed by atoms with Crippen LogP contribution in [-0.4, -0.2) is 0 Å². The average molecular weight is 1510 g/mol. The zero-order valence-electron chi connectivity index (χ0n) is 63.3. The minimum Gasteiger partial charge on any atom is -0.311 e. The molecule has 0 unspecified atom stereocenters. The number of nitrogens with zero attached hydrogens (tertiary/aromatic N) is 2. The molecule has 542 valence electrons. The number of fused-ring (bicyclic) bond motifs is 10. The Balaban J connectivity index is 0.592. The van der Waals surface area contributed by atoms with Crippen LogP contribution in [0.2, 0.25) is 0 Å². The quantitative estimate of drug-likeness (QED) is 0.101. The van der Waals surface area contributed by atoms with E-state index in [1.165, 1.54) is 167 Å². The van der Waals surface area contributed by atoms with Gasteiger partial charge in [-0.25, -0.2) is 0 Å². The van der Waals surface area contributed by atoms with Crippen molar-refractivity contribution in [1.82, 2.24) is 0 Å². The van der Waals surface area contributed by atoms with Gasteiger partial charge in [0.05, 0.1) is 0 Å². The molecule has 0 saturated carbocycles. The molecule has 0 fully saturated rings. The molecular formula is C112H72N2S2. The molecule has 0 aliphatic rings. The van der Waals surface area contributed by atoms with Crippen LogP contribution in [-0.2, 0) is 0 Å². The third-order valence-corrected chi connectivity index (χ3v) is 25.9. The summed E-state index contributed by atoms with van der Waals surface area (Å²) in [6.07, 6.45) is 0. The van der Waals surface area contributed by atoms with Crippen LogP contribution in [0, 0.1) is 0 Å². The molecule has 2 aromatic heterocycles. The van der Waals surface area contributed by atoms with Gasteiger partial charge in [0.2, 0.25) is 0 Å². The molecule has 22 aromatic rings. The van der Waals surface area contributed by atoms with Gasteiger partial charge in [-0.3, -0.25) is 0 Å². The summed E-state index contributed by atoms with van der Waals surface area (Å²) in [5.74, 6) is 0. The van der Waals surface area contributed by atoms with E-state index in [-0.39, 0.29) is 0 Å². The zero-order valence-corrected chi connectivity index (χ0v) is 64.9. The van der Waals surface area contributed by atoms with Gasteiger partial charge in [-0.1, -0.05) is 334 Å². The molecule has 0 N–H and O–H groups in total. The van der Waals surface area contributed by atoms with Gasteiger partial charge in [0.25, 0.3) is 0 Å². The molecule has 22 rings (SSSR count). The van der Waals surface area contributed by atoms with Crippen LogP contribution < -0.4 is 9.80 Å². The highest BCUT2D eigenvalue weighted by molar-refractivity contribution is 7.27. The Kier molecular flexibility index (Phi) is 17.0. The molecular weight excluding hydrogens is 1440 g/mol. The van der Waals surface area contributed by atoms with E-state index < -0.39 is 0 Å². The first kappa shape index (κ1) is 68.3. The van der Waals surface area contributed by atoms with Crippen LogP contribution in [0.3, 0.4) is 0 Å². The second-order valence-electron chi connectivity index (χ2n) is 30.2. The zero-order chi connectivity index (χ0) is 76.6. The van der Waals surface area contributed by atoms with Gasteiger partial charge in [0.1, 0.15) is 0 Å². The summed E-state index contributed by atoms with van der Waals surface area (Å²) in [4.78, 5) is 4.78. The Bertz CT molecular complexity index is 7400. The van der Waals surface area contributed by atoms with E-state index >= 15 is 0 Å². The van der Waals surface area contributed by atoms with E-state index in [0.717, 1.165) is 50.8 Å². The van der Waals surface area contributed by atoms with Crippen LogP contribution in [0.25, 0.3) is 184 Å². The molecule has 0 atom stereocenters. The molecule has 0 amide bonds. The van der Waals surface area contributed by atoms with Crippen molar-refractivity contribution in [3.8, 4) is 100 Å². The van der Waals surface area contributed by atoms with E-state index in [9.17, 15) is 0 Å². The van der Waals surface area contributed by atoms with Crippen LogP contribution in [0.1, 0.15) is 0 Å².